The molecule has 0 saturated heterocycles. The van der Waals surface area contributed by atoms with Gasteiger partial charge < -0.3 is 14.8 Å². The molecule has 2 aromatic carbocycles. The van der Waals surface area contributed by atoms with Crippen molar-refractivity contribution in [2.45, 2.75) is 32.2 Å². The number of esters is 1. The lowest BCUT2D eigenvalue weighted by atomic mass is 10.0. The third-order valence-corrected chi connectivity index (χ3v) is 4.74. The molecule has 0 saturated carbocycles. The smallest absolute Gasteiger partial charge is 0.328 e. The number of rotatable bonds is 9. The third kappa shape index (κ3) is 6.14. The second-order valence-corrected chi connectivity index (χ2v) is 7.01. The maximum Gasteiger partial charge on any atom is 0.328 e. The minimum absolute atomic E-state index is 0.124. The van der Waals surface area contributed by atoms with E-state index in [2.05, 4.69) is 12.2 Å². The molecule has 0 unspecified atom stereocenters. The molecule has 2 aromatic rings. The second-order valence-electron chi connectivity index (χ2n) is 6.20. The average molecular weight is 424 g/mol. The van der Waals surface area contributed by atoms with E-state index in [4.69, 9.17) is 32.7 Å². The van der Waals surface area contributed by atoms with Crippen LogP contribution in [0, 0.1) is 0 Å². The molecule has 1 amide bonds. The molecule has 0 spiro atoms. The lowest BCUT2D eigenvalue weighted by molar-refractivity contribution is -0.142. The summed E-state index contributed by atoms with van der Waals surface area (Å²) in [6.07, 6.45) is 2.31. The molecule has 150 valence electrons. The van der Waals surface area contributed by atoms with Crippen LogP contribution in [-0.2, 0) is 16.0 Å². The number of methoxy groups -OCH3 is 1. The van der Waals surface area contributed by atoms with Crippen LogP contribution in [0.3, 0.4) is 0 Å². The summed E-state index contributed by atoms with van der Waals surface area (Å²) in [5, 5.41) is 3.08. The Kier molecular flexibility index (Phi) is 8.61. The molecule has 0 fully saturated rings. The van der Waals surface area contributed by atoms with E-state index in [0.29, 0.717) is 6.61 Å². The summed E-state index contributed by atoms with van der Waals surface area (Å²) in [7, 11) is 1.27. The summed E-state index contributed by atoms with van der Waals surface area (Å²) in [5.74, 6) is -0.330. The molecule has 0 aliphatic rings. The minimum Gasteiger partial charge on any atom is -0.494 e. The standard InChI is InChI=1S/C21H23Cl2NO4/c1-3-4-12-28-15-10-8-14(9-11-15)13-18(21(26)27-2)24-20(25)19-16(22)6-5-7-17(19)23/h5-11,18H,3-4,12-13H2,1-2H3,(H,24,25)/t18-/m0/s1. The van der Waals surface area contributed by atoms with Crippen molar-refractivity contribution in [1.82, 2.24) is 5.32 Å². The molecule has 0 aliphatic heterocycles. The second kappa shape index (κ2) is 10.9. The Morgan fingerprint density at radius 3 is 2.29 bits per heavy atom. The van der Waals surface area contributed by atoms with E-state index in [1.54, 1.807) is 18.2 Å². The lowest BCUT2D eigenvalue weighted by Crippen LogP contribution is -2.43. The van der Waals surface area contributed by atoms with Crippen LogP contribution < -0.4 is 10.1 Å². The molecule has 0 bridgehead atoms. The summed E-state index contributed by atoms with van der Waals surface area (Å²) < 4.78 is 10.5. The van der Waals surface area contributed by atoms with Gasteiger partial charge >= 0.3 is 5.97 Å². The Hall–Kier alpha value is -2.24. The fraction of sp³-hybridized carbons (Fsp3) is 0.333. The van der Waals surface area contributed by atoms with Crippen molar-refractivity contribution in [3.05, 3.63) is 63.6 Å². The van der Waals surface area contributed by atoms with Gasteiger partial charge in [-0.1, -0.05) is 54.7 Å². The number of hydrogen-bond donors (Lipinski definition) is 1. The van der Waals surface area contributed by atoms with Crippen LogP contribution in [0.25, 0.3) is 0 Å². The monoisotopic (exact) mass is 423 g/mol. The number of ether oxygens (including phenoxy) is 2. The minimum atomic E-state index is -0.878. The number of unbranched alkanes of at least 4 members (excludes halogenated alkanes) is 1. The molecule has 5 nitrogen and oxygen atoms in total. The Morgan fingerprint density at radius 1 is 1.07 bits per heavy atom. The first-order chi connectivity index (χ1) is 13.5. The van der Waals surface area contributed by atoms with Gasteiger partial charge in [-0.3, -0.25) is 4.79 Å². The first-order valence-electron chi connectivity index (χ1n) is 9.00. The zero-order valence-corrected chi connectivity index (χ0v) is 17.3. The van der Waals surface area contributed by atoms with Gasteiger partial charge in [0.15, 0.2) is 0 Å². The van der Waals surface area contributed by atoms with E-state index >= 15 is 0 Å². The molecule has 7 heteroatoms. The van der Waals surface area contributed by atoms with E-state index in [1.165, 1.54) is 7.11 Å². The normalized spacial score (nSPS) is 11.6. The number of carbonyl (C=O) groups excluding carboxylic acids is 2. The molecule has 1 atom stereocenters. The van der Waals surface area contributed by atoms with E-state index in [-0.39, 0.29) is 22.0 Å². The van der Waals surface area contributed by atoms with E-state index in [9.17, 15) is 9.59 Å². The van der Waals surface area contributed by atoms with Gasteiger partial charge in [-0.05, 0) is 36.2 Å². The van der Waals surface area contributed by atoms with E-state index in [1.807, 2.05) is 24.3 Å². The highest BCUT2D eigenvalue weighted by Crippen LogP contribution is 2.24. The van der Waals surface area contributed by atoms with Crippen LogP contribution in [0.15, 0.2) is 42.5 Å². The number of halogens is 2. The highest BCUT2D eigenvalue weighted by Gasteiger charge is 2.24. The molecule has 0 radical (unpaired) electrons. The zero-order chi connectivity index (χ0) is 20.5. The summed E-state index contributed by atoms with van der Waals surface area (Å²) in [5.41, 5.74) is 0.975. The van der Waals surface area contributed by atoms with Gasteiger partial charge in [0.2, 0.25) is 0 Å². The first-order valence-corrected chi connectivity index (χ1v) is 9.76. The average Bonchev–Trinajstić information content (AvgIpc) is 2.68. The molecule has 0 aromatic heterocycles. The topological polar surface area (TPSA) is 64.6 Å². The number of benzene rings is 2. The van der Waals surface area contributed by atoms with Crippen LogP contribution in [0.5, 0.6) is 5.75 Å². The van der Waals surface area contributed by atoms with Crippen LogP contribution in [0.2, 0.25) is 10.0 Å². The number of hydrogen-bond acceptors (Lipinski definition) is 4. The van der Waals surface area contributed by atoms with Gasteiger partial charge in [0.1, 0.15) is 11.8 Å². The predicted octanol–water partition coefficient (Wildman–Crippen LogP) is 4.69. The number of nitrogens with one attached hydrogen (secondary N) is 1. The summed E-state index contributed by atoms with van der Waals surface area (Å²) in [6.45, 7) is 2.76. The van der Waals surface area contributed by atoms with Crippen molar-refractivity contribution in [3.63, 3.8) is 0 Å². The largest absolute Gasteiger partial charge is 0.494 e. The van der Waals surface area contributed by atoms with E-state index in [0.717, 1.165) is 24.2 Å². The first kappa shape index (κ1) is 22.1. The highest BCUT2D eigenvalue weighted by molar-refractivity contribution is 6.39. The molecule has 2 rings (SSSR count). The maximum absolute atomic E-state index is 12.6. The fourth-order valence-electron chi connectivity index (χ4n) is 2.57. The lowest BCUT2D eigenvalue weighted by Gasteiger charge is -2.18. The Morgan fingerprint density at radius 2 is 1.71 bits per heavy atom. The zero-order valence-electron chi connectivity index (χ0n) is 15.8. The van der Waals surface area contributed by atoms with Gasteiger partial charge in [-0.2, -0.15) is 0 Å². The van der Waals surface area contributed by atoms with Crippen LogP contribution in [0.1, 0.15) is 35.7 Å². The quantitative estimate of drug-likeness (QED) is 0.469. The Labute approximate surface area is 174 Å². The molecule has 0 aliphatic carbocycles. The van der Waals surface area contributed by atoms with Gasteiger partial charge in [0.25, 0.3) is 5.91 Å². The van der Waals surface area contributed by atoms with Crippen LogP contribution in [-0.4, -0.2) is 31.6 Å². The number of carbonyl (C=O) groups is 2. The molecule has 0 heterocycles. The third-order valence-electron chi connectivity index (χ3n) is 4.11. The molecular formula is C21H23Cl2NO4. The van der Waals surface area contributed by atoms with Crippen molar-refractivity contribution in [2.24, 2.45) is 0 Å². The van der Waals surface area contributed by atoms with Gasteiger partial charge in [0, 0.05) is 6.42 Å². The summed E-state index contributed by atoms with van der Waals surface area (Å²) in [6, 6.07) is 11.3. The van der Waals surface area contributed by atoms with Crippen molar-refractivity contribution in [3.8, 4) is 5.75 Å². The SMILES string of the molecule is CCCCOc1ccc(C[C@H](NC(=O)c2c(Cl)cccc2Cl)C(=O)OC)cc1. The molecule has 28 heavy (non-hydrogen) atoms. The van der Waals surface area contributed by atoms with Gasteiger partial charge in [0.05, 0.1) is 29.3 Å². The Bertz CT molecular complexity index is 788. The predicted molar refractivity (Wildman–Crippen MR) is 110 cm³/mol. The summed E-state index contributed by atoms with van der Waals surface area (Å²) in [4.78, 5) is 24.8. The van der Waals surface area contributed by atoms with Gasteiger partial charge in [-0.25, -0.2) is 4.79 Å². The van der Waals surface area contributed by atoms with E-state index < -0.39 is 17.9 Å². The van der Waals surface area contributed by atoms with Crippen molar-refractivity contribution < 1.29 is 19.1 Å². The Balaban J connectivity index is 2.09. The maximum atomic E-state index is 12.6. The van der Waals surface area contributed by atoms with Gasteiger partial charge in [-0.15, -0.1) is 0 Å². The summed E-state index contributed by atoms with van der Waals surface area (Å²) >= 11 is 12.2. The number of amides is 1. The molecule has 1 N–H and O–H groups in total. The van der Waals surface area contributed by atoms with Crippen molar-refractivity contribution >= 4 is 35.1 Å². The molecular weight excluding hydrogens is 401 g/mol. The fourth-order valence-corrected chi connectivity index (χ4v) is 3.14. The highest BCUT2D eigenvalue weighted by atomic mass is 35.5. The van der Waals surface area contributed by atoms with Crippen molar-refractivity contribution in [2.75, 3.05) is 13.7 Å². The van der Waals surface area contributed by atoms with Crippen LogP contribution in [0.4, 0.5) is 0 Å². The van der Waals surface area contributed by atoms with Crippen LogP contribution >= 0.6 is 23.2 Å². The van der Waals surface area contributed by atoms with Crippen molar-refractivity contribution in [1.29, 1.82) is 0 Å².